The molecule has 1 aromatic rings. The Kier molecular flexibility index (Phi) is 12.7. The third-order valence-corrected chi connectivity index (χ3v) is 4.67. The molecule has 0 saturated heterocycles. The van der Waals surface area contributed by atoms with Crippen molar-refractivity contribution in [2.45, 2.75) is 30.7 Å². The van der Waals surface area contributed by atoms with Gasteiger partial charge >= 0.3 is 0 Å². The topological polar surface area (TPSA) is 168 Å². The number of nitro groups is 1. The van der Waals surface area contributed by atoms with E-state index in [1.807, 2.05) is 0 Å². The van der Waals surface area contributed by atoms with E-state index in [1.165, 1.54) is 18.2 Å². The highest BCUT2D eigenvalue weighted by molar-refractivity contribution is 7.89. The molecule has 11 heteroatoms. The van der Waals surface area contributed by atoms with Crippen molar-refractivity contribution in [3.05, 3.63) is 34.4 Å². The molecule has 26 heavy (non-hydrogen) atoms. The Balaban J connectivity index is 0.00000110. The summed E-state index contributed by atoms with van der Waals surface area (Å²) < 4.78 is 26.7. The van der Waals surface area contributed by atoms with E-state index in [0.29, 0.717) is 26.1 Å². The van der Waals surface area contributed by atoms with Gasteiger partial charge < -0.3 is 21.3 Å². The SMILES string of the molecule is C[C@@H](CNCCCO)NS(=O)(=O)c1ccccc1[N+](=O)[O-].NCCCO. The van der Waals surface area contributed by atoms with E-state index in [1.54, 1.807) is 6.92 Å². The van der Waals surface area contributed by atoms with Gasteiger partial charge in [0.15, 0.2) is 4.90 Å². The minimum atomic E-state index is -3.96. The van der Waals surface area contributed by atoms with Gasteiger partial charge in [0.2, 0.25) is 10.0 Å². The van der Waals surface area contributed by atoms with E-state index in [9.17, 15) is 18.5 Å². The molecule has 0 aliphatic carbocycles. The van der Waals surface area contributed by atoms with Crippen molar-refractivity contribution in [1.29, 1.82) is 0 Å². The minimum absolute atomic E-state index is 0.0588. The highest BCUT2D eigenvalue weighted by Crippen LogP contribution is 2.22. The van der Waals surface area contributed by atoms with Crippen LogP contribution in [0, 0.1) is 10.1 Å². The van der Waals surface area contributed by atoms with Crippen LogP contribution in [0.25, 0.3) is 0 Å². The number of aliphatic hydroxyl groups excluding tert-OH is 2. The van der Waals surface area contributed by atoms with Gasteiger partial charge in [0.25, 0.3) is 5.69 Å². The predicted molar refractivity (Wildman–Crippen MR) is 98.2 cm³/mol. The zero-order valence-electron chi connectivity index (χ0n) is 14.8. The Morgan fingerprint density at radius 1 is 1.23 bits per heavy atom. The Labute approximate surface area is 153 Å². The first-order valence-electron chi connectivity index (χ1n) is 8.18. The Morgan fingerprint density at radius 3 is 2.35 bits per heavy atom. The molecule has 0 amide bonds. The summed E-state index contributed by atoms with van der Waals surface area (Å²) in [5.41, 5.74) is 4.53. The maximum Gasteiger partial charge on any atom is 0.289 e. The van der Waals surface area contributed by atoms with Crippen molar-refractivity contribution in [3.8, 4) is 0 Å². The fourth-order valence-electron chi connectivity index (χ4n) is 1.82. The molecule has 0 aliphatic heterocycles. The Hall–Kier alpha value is -1.63. The van der Waals surface area contributed by atoms with Gasteiger partial charge in [0.05, 0.1) is 4.92 Å². The molecular formula is C15H28N4O6S. The summed E-state index contributed by atoms with van der Waals surface area (Å²) in [5.74, 6) is 0. The van der Waals surface area contributed by atoms with Gasteiger partial charge in [-0.15, -0.1) is 0 Å². The molecule has 0 bridgehead atoms. The van der Waals surface area contributed by atoms with Crippen molar-refractivity contribution >= 4 is 15.7 Å². The summed E-state index contributed by atoms with van der Waals surface area (Å²) >= 11 is 0. The van der Waals surface area contributed by atoms with E-state index in [-0.39, 0.29) is 18.1 Å². The first kappa shape index (κ1) is 24.4. The van der Waals surface area contributed by atoms with Crippen molar-refractivity contribution in [1.82, 2.24) is 10.0 Å². The minimum Gasteiger partial charge on any atom is -0.396 e. The lowest BCUT2D eigenvalue weighted by Crippen LogP contribution is -2.40. The first-order valence-corrected chi connectivity index (χ1v) is 9.66. The second-order valence-corrected chi connectivity index (χ2v) is 7.08. The molecule has 0 unspecified atom stereocenters. The smallest absolute Gasteiger partial charge is 0.289 e. The highest BCUT2D eigenvalue weighted by atomic mass is 32.2. The van der Waals surface area contributed by atoms with Gasteiger partial charge in [0, 0.05) is 31.9 Å². The molecule has 10 nitrogen and oxygen atoms in total. The van der Waals surface area contributed by atoms with Crippen molar-refractivity contribution in [3.63, 3.8) is 0 Å². The lowest BCUT2D eigenvalue weighted by molar-refractivity contribution is -0.387. The Bertz CT molecular complexity index is 624. The molecule has 1 rings (SSSR count). The predicted octanol–water partition coefficient (Wildman–Crippen LogP) is -0.439. The lowest BCUT2D eigenvalue weighted by atomic mass is 10.3. The van der Waals surface area contributed by atoms with Crippen LogP contribution in [0.1, 0.15) is 19.8 Å². The molecule has 0 aromatic heterocycles. The largest absolute Gasteiger partial charge is 0.396 e. The van der Waals surface area contributed by atoms with Crippen LogP contribution in [0.2, 0.25) is 0 Å². The van der Waals surface area contributed by atoms with Gasteiger partial charge in [-0.05, 0) is 38.9 Å². The lowest BCUT2D eigenvalue weighted by Gasteiger charge is -2.15. The molecule has 150 valence electrons. The molecule has 0 heterocycles. The highest BCUT2D eigenvalue weighted by Gasteiger charge is 2.26. The maximum absolute atomic E-state index is 12.2. The number of hydrogen-bond donors (Lipinski definition) is 5. The fourth-order valence-corrected chi connectivity index (χ4v) is 3.23. The molecule has 1 atom stereocenters. The molecular weight excluding hydrogens is 364 g/mol. The summed E-state index contributed by atoms with van der Waals surface area (Å²) in [5, 5.41) is 30.5. The van der Waals surface area contributed by atoms with Crippen LogP contribution in [0.4, 0.5) is 5.69 Å². The third-order valence-electron chi connectivity index (χ3n) is 3.03. The van der Waals surface area contributed by atoms with Crippen LogP contribution in [-0.4, -0.2) is 62.4 Å². The number of rotatable bonds is 11. The Morgan fingerprint density at radius 2 is 1.85 bits per heavy atom. The average molecular weight is 392 g/mol. The van der Waals surface area contributed by atoms with Crippen LogP contribution >= 0.6 is 0 Å². The van der Waals surface area contributed by atoms with E-state index in [0.717, 1.165) is 12.5 Å². The number of para-hydroxylation sites is 1. The summed E-state index contributed by atoms with van der Waals surface area (Å²) in [4.78, 5) is 9.80. The third kappa shape index (κ3) is 9.75. The van der Waals surface area contributed by atoms with E-state index < -0.39 is 26.7 Å². The van der Waals surface area contributed by atoms with Crippen molar-refractivity contribution in [2.24, 2.45) is 5.73 Å². The molecule has 0 spiro atoms. The van der Waals surface area contributed by atoms with Gasteiger partial charge in [-0.3, -0.25) is 10.1 Å². The molecule has 1 aromatic carbocycles. The number of nitrogens with one attached hydrogen (secondary N) is 2. The normalized spacial score (nSPS) is 12.2. The monoisotopic (exact) mass is 392 g/mol. The summed E-state index contributed by atoms with van der Waals surface area (Å²) in [6.45, 7) is 3.45. The van der Waals surface area contributed by atoms with Crippen molar-refractivity contribution < 1.29 is 23.6 Å². The quantitative estimate of drug-likeness (QED) is 0.192. The number of benzene rings is 1. The molecule has 0 aliphatic rings. The molecule has 0 saturated carbocycles. The van der Waals surface area contributed by atoms with Crippen LogP contribution < -0.4 is 15.8 Å². The maximum atomic E-state index is 12.2. The summed E-state index contributed by atoms with van der Waals surface area (Å²) in [6.07, 6.45) is 1.30. The van der Waals surface area contributed by atoms with Gasteiger partial charge in [-0.25, -0.2) is 13.1 Å². The van der Waals surface area contributed by atoms with E-state index >= 15 is 0 Å². The average Bonchev–Trinajstić information content (AvgIpc) is 2.59. The van der Waals surface area contributed by atoms with Crippen molar-refractivity contribution in [2.75, 3.05) is 32.8 Å². The van der Waals surface area contributed by atoms with Crippen LogP contribution in [0.3, 0.4) is 0 Å². The summed E-state index contributed by atoms with van der Waals surface area (Å²) in [6, 6.07) is 4.77. The van der Waals surface area contributed by atoms with Crippen LogP contribution in [-0.2, 0) is 10.0 Å². The molecule has 6 N–H and O–H groups in total. The van der Waals surface area contributed by atoms with Crippen LogP contribution in [0.5, 0.6) is 0 Å². The first-order chi connectivity index (χ1) is 12.3. The molecule has 0 radical (unpaired) electrons. The fraction of sp³-hybridized carbons (Fsp3) is 0.600. The van der Waals surface area contributed by atoms with Gasteiger partial charge in [0.1, 0.15) is 0 Å². The zero-order chi connectivity index (χ0) is 20.0. The molecule has 0 fully saturated rings. The zero-order valence-corrected chi connectivity index (χ0v) is 15.6. The van der Waals surface area contributed by atoms with Gasteiger partial charge in [-0.2, -0.15) is 0 Å². The second kappa shape index (κ2) is 13.6. The van der Waals surface area contributed by atoms with Crippen LogP contribution in [0.15, 0.2) is 29.2 Å². The number of nitrogens with two attached hydrogens (primary N) is 1. The van der Waals surface area contributed by atoms with E-state index in [4.69, 9.17) is 15.9 Å². The number of aliphatic hydroxyl groups is 2. The van der Waals surface area contributed by atoms with E-state index in [2.05, 4.69) is 10.0 Å². The second-order valence-electron chi connectivity index (χ2n) is 5.39. The van der Waals surface area contributed by atoms with Gasteiger partial charge in [-0.1, -0.05) is 12.1 Å². The summed E-state index contributed by atoms with van der Waals surface area (Å²) in [7, 11) is -3.96. The number of nitro benzene ring substituents is 1. The number of hydrogen-bond acceptors (Lipinski definition) is 8. The number of sulfonamides is 1. The number of nitrogens with zero attached hydrogens (tertiary/aromatic N) is 1. The standard InChI is InChI=1S/C12H19N3O5S.C3H9NO/c1-10(9-13-7-4-8-16)14-21(19,20)12-6-3-2-5-11(12)15(17)18;4-2-1-3-5/h2-3,5-6,10,13-14,16H,4,7-9H2,1H3;5H,1-4H2/t10-;/m0./s1.